The Labute approximate surface area is 158 Å². The van der Waals surface area contributed by atoms with Crippen molar-refractivity contribution in [3.63, 3.8) is 0 Å². The summed E-state index contributed by atoms with van der Waals surface area (Å²) >= 11 is 0. The number of nitrogens with zero attached hydrogens (tertiary/aromatic N) is 1. The number of nitrogens with two attached hydrogens (primary N) is 1. The van der Waals surface area contributed by atoms with Crippen LogP contribution in [0.2, 0.25) is 0 Å². The van der Waals surface area contributed by atoms with Crippen LogP contribution in [0.5, 0.6) is 5.75 Å². The van der Waals surface area contributed by atoms with Crippen LogP contribution in [0.15, 0.2) is 66.7 Å². The maximum absolute atomic E-state index is 12.9. The van der Waals surface area contributed by atoms with Crippen LogP contribution in [-0.4, -0.2) is 30.4 Å². The van der Waals surface area contributed by atoms with Crippen molar-refractivity contribution in [2.45, 2.75) is 13.0 Å². The molecule has 138 valence electrons. The molecule has 0 aliphatic rings. The van der Waals surface area contributed by atoms with Gasteiger partial charge in [-0.15, -0.1) is 0 Å². The van der Waals surface area contributed by atoms with Gasteiger partial charge in [-0.1, -0.05) is 42.5 Å². The normalized spacial score (nSPS) is 11.8. The van der Waals surface area contributed by atoms with Gasteiger partial charge in [-0.2, -0.15) is 0 Å². The van der Waals surface area contributed by atoms with Crippen molar-refractivity contribution in [3.8, 4) is 5.75 Å². The van der Waals surface area contributed by atoms with Crippen molar-refractivity contribution in [2.24, 2.45) is 5.73 Å². The average molecular weight is 362 g/mol. The first-order valence-corrected chi connectivity index (χ1v) is 8.73. The second-order valence-electron chi connectivity index (χ2n) is 6.44. The Kier molecular flexibility index (Phi) is 5.41. The number of ether oxygens (including phenoxy) is 1. The molecule has 5 heteroatoms. The number of rotatable bonds is 6. The van der Waals surface area contributed by atoms with Crippen LogP contribution in [0.25, 0.3) is 10.8 Å². The number of benzene rings is 3. The lowest BCUT2D eigenvalue weighted by Gasteiger charge is -2.26. The van der Waals surface area contributed by atoms with E-state index < -0.39 is 5.91 Å². The fourth-order valence-corrected chi connectivity index (χ4v) is 3.05. The first kappa shape index (κ1) is 18.5. The molecule has 0 aliphatic heterocycles. The summed E-state index contributed by atoms with van der Waals surface area (Å²) in [6, 6.07) is 20.9. The smallest absolute Gasteiger partial charge is 0.255 e. The summed E-state index contributed by atoms with van der Waals surface area (Å²) in [5, 5.41) is 2.29. The SMILES string of the molecule is C[C@H](c1cccc2ccccc12)N(C)C(=O)c1ccc(OCC(N)=O)cc1. The Hall–Kier alpha value is -3.34. The molecule has 5 nitrogen and oxygen atoms in total. The van der Waals surface area contributed by atoms with E-state index in [1.165, 1.54) is 0 Å². The minimum atomic E-state index is -0.543. The Morgan fingerprint density at radius 3 is 2.37 bits per heavy atom. The molecule has 0 aromatic heterocycles. The molecule has 3 aromatic rings. The van der Waals surface area contributed by atoms with Crippen LogP contribution in [0, 0.1) is 0 Å². The van der Waals surface area contributed by atoms with Crippen molar-refractivity contribution >= 4 is 22.6 Å². The molecule has 0 spiro atoms. The van der Waals surface area contributed by atoms with Crippen molar-refractivity contribution < 1.29 is 14.3 Å². The van der Waals surface area contributed by atoms with E-state index >= 15 is 0 Å². The molecule has 1 atom stereocenters. The van der Waals surface area contributed by atoms with Gasteiger partial charge in [-0.25, -0.2) is 0 Å². The molecular formula is C22H22N2O3. The highest BCUT2D eigenvalue weighted by atomic mass is 16.5. The molecule has 0 fully saturated rings. The zero-order valence-corrected chi connectivity index (χ0v) is 15.4. The molecule has 0 saturated heterocycles. The monoisotopic (exact) mass is 362 g/mol. The molecule has 3 aromatic carbocycles. The zero-order valence-electron chi connectivity index (χ0n) is 15.4. The maximum atomic E-state index is 12.9. The van der Waals surface area contributed by atoms with Gasteiger partial charge in [0, 0.05) is 12.6 Å². The molecular weight excluding hydrogens is 340 g/mol. The molecule has 3 rings (SSSR count). The molecule has 0 radical (unpaired) electrons. The van der Waals surface area contributed by atoms with Gasteiger partial charge in [0.1, 0.15) is 5.75 Å². The third kappa shape index (κ3) is 4.08. The first-order valence-electron chi connectivity index (χ1n) is 8.73. The number of primary amides is 1. The topological polar surface area (TPSA) is 72.6 Å². The molecule has 0 bridgehead atoms. The Morgan fingerprint density at radius 1 is 1.00 bits per heavy atom. The maximum Gasteiger partial charge on any atom is 0.255 e. The highest BCUT2D eigenvalue weighted by Crippen LogP contribution is 2.28. The number of carbonyl (C=O) groups excluding carboxylic acids is 2. The fourth-order valence-electron chi connectivity index (χ4n) is 3.05. The molecule has 0 unspecified atom stereocenters. The van der Waals surface area contributed by atoms with Crippen LogP contribution in [0.4, 0.5) is 0 Å². The summed E-state index contributed by atoms with van der Waals surface area (Å²) in [7, 11) is 1.80. The van der Waals surface area contributed by atoms with E-state index in [1.807, 2.05) is 25.1 Å². The second kappa shape index (κ2) is 7.91. The van der Waals surface area contributed by atoms with Crippen molar-refractivity contribution in [2.75, 3.05) is 13.7 Å². The van der Waals surface area contributed by atoms with E-state index in [2.05, 4.69) is 24.3 Å². The largest absolute Gasteiger partial charge is 0.484 e. The van der Waals surface area contributed by atoms with Crippen LogP contribution in [-0.2, 0) is 4.79 Å². The Morgan fingerprint density at radius 2 is 1.67 bits per heavy atom. The standard InChI is InChI=1S/C22H22N2O3/c1-15(19-9-5-7-16-6-3-4-8-20(16)19)24(2)22(26)17-10-12-18(13-11-17)27-14-21(23)25/h3-13,15H,14H2,1-2H3,(H2,23,25)/t15-/m1/s1. The fraction of sp³-hybridized carbons (Fsp3) is 0.182. The minimum absolute atomic E-state index is 0.0862. The van der Waals surface area contributed by atoms with Gasteiger partial charge in [-0.05, 0) is 47.5 Å². The van der Waals surface area contributed by atoms with E-state index in [-0.39, 0.29) is 18.6 Å². The van der Waals surface area contributed by atoms with Gasteiger partial charge >= 0.3 is 0 Å². The predicted octanol–water partition coefficient (Wildman–Crippen LogP) is 3.54. The van der Waals surface area contributed by atoms with E-state index in [1.54, 1.807) is 36.2 Å². The number of hydrogen-bond donors (Lipinski definition) is 1. The summed E-state index contributed by atoms with van der Waals surface area (Å²) in [5.41, 5.74) is 6.72. The van der Waals surface area contributed by atoms with Crippen LogP contribution < -0.4 is 10.5 Å². The van der Waals surface area contributed by atoms with Gasteiger partial charge < -0.3 is 15.4 Å². The van der Waals surface area contributed by atoms with E-state index in [4.69, 9.17) is 10.5 Å². The van der Waals surface area contributed by atoms with Crippen LogP contribution >= 0.6 is 0 Å². The highest BCUT2D eigenvalue weighted by molar-refractivity contribution is 5.95. The minimum Gasteiger partial charge on any atom is -0.484 e. The number of carbonyl (C=O) groups is 2. The van der Waals surface area contributed by atoms with Crippen LogP contribution in [0.1, 0.15) is 28.9 Å². The lowest BCUT2D eigenvalue weighted by Crippen LogP contribution is -2.29. The molecule has 27 heavy (non-hydrogen) atoms. The number of amides is 2. The Bertz CT molecular complexity index is 961. The quantitative estimate of drug-likeness (QED) is 0.729. The number of hydrogen-bond acceptors (Lipinski definition) is 3. The zero-order chi connectivity index (χ0) is 19.4. The molecule has 0 heterocycles. The third-order valence-corrected chi connectivity index (χ3v) is 4.66. The van der Waals surface area contributed by atoms with Gasteiger partial charge in [0.2, 0.25) is 0 Å². The lowest BCUT2D eigenvalue weighted by atomic mass is 9.98. The van der Waals surface area contributed by atoms with Gasteiger partial charge in [0.15, 0.2) is 6.61 Å². The van der Waals surface area contributed by atoms with Gasteiger partial charge in [0.25, 0.3) is 11.8 Å². The molecule has 2 amide bonds. The summed E-state index contributed by atoms with van der Waals surface area (Å²) in [6.07, 6.45) is 0. The predicted molar refractivity (Wildman–Crippen MR) is 106 cm³/mol. The van der Waals surface area contributed by atoms with E-state index in [0.29, 0.717) is 11.3 Å². The van der Waals surface area contributed by atoms with Crippen molar-refractivity contribution in [1.29, 1.82) is 0 Å². The van der Waals surface area contributed by atoms with E-state index in [9.17, 15) is 9.59 Å². The summed E-state index contributed by atoms with van der Waals surface area (Å²) in [5.74, 6) is -0.134. The molecule has 2 N–H and O–H groups in total. The molecule has 0 aliphatic carbocycles. The number of fused-ring (bicyclic) bond motifs is 1. The average Bonchev–Trinajstić information content (AvgIpc) is 2.70. The van der Waals surface area contributed by atoms with Gasteiger partial charge in [-0.3, -0.25) is 9.59 Å². The van der Waals surface area contributed by atoms with E-state index in [0.717, 1.165) is 16.3 Å². The lowest BCUT2D eigenvalue weighted by molar-refractivity contribution is -0.119. The summed E-state index contributed by atoms with van der Waals surface area (Å²) in [4.78, 5) is 25.4. The first-order chi connectivity index (χ1) is 13.0. The summed E-state index contributed by atoms with van der Waals surface area (Å²) in [6.45, 7) is 1.83. The van der Waals surface area contributed by atoms with Crippen molar-refractivity contribution in [3.05, 3.63) is 77.9 Å². The van der Waals surface area contributed by atoms with Crippen LogP contribution in [0.3, 0.4) is 0 Å². The highest BCUT2D eigenvalue weighted by Gasteiger charge is 2.20. The summed E-state index contributed by atoms with van der Waals surface area (Å²) < 4.78 is 5.23. The molecule has 0 saturated carbocycles. The second-order valence-corrected chi connectivity index (χ2v) is 6.44. The van der Waals surface area contributed by atoms with Crippen molar-refractivity contribution in [1.82, 2.24) is 4.90 Å². The third-order valence-electron chi connectivity index (χ3n) is 4.66. The Balaban J connectivity index is 1.79. The van der Waals surface area contributed by atoms with Gasteiger partial charge in [0.05, 0.1) is 6.04 Å².